The number of nitrogens with zero attached hydrogens (tertiary/aromatic N) is 7. The zero-order chi connectivity index (χ0) is 27.7. The van der Waals surface area contributed by atoms with E-state index in [1.165, 1.54) is 0 Å². The minimum Gasteiger partial charge on any atom is -0.366 e. The van der Waals surface area contributed by atoms with Gasteiger partial charge in [-0.25, -0.2) is 15.0 Å². The average molecular weight is 524 g/mol. The van der Waals surface area contributed by atoms with E-state index in [9.17, 15) is 10.1 Å². The molecule has 39 heavy (non-hydrogen) atoms. The van der Waals surface area contributed by atoms with Crippen LogP contribution >= 0.6 is 0 Å². The molecule has 1 saturated heterocycles. The molecule has 0 unspecified atom stereocenters. The van der Waals surface area contributed by atoms with Gasteiger partial charge in [0.2, 0.25) is 0 Å². The Labute approximate surface area is 228 Å². The van der Waals surface area contributed by atoms with Crippen LogP contribution in [0.25, 0.3) is 28.0 Å². The van der Waals surface area contributed by atoms with Crippen LogP contribution in [-0.2, 0) is 9.53 Å². The van der Waals surface area contributed by atoms with Gasteiger partial charge in [-0.1, -0.05) is 30.3 Å². The lowest BCUT2D eigenvalue weighted by Gasteiger charge is -2.46. The van der Waals surface area contributed by atoms with Gasteiger partial charge in [0.05, 0.1) is 17.0 Å². The van der Waals surface area contributed by atoms with Gasteiger partial charge >= 0.3 is 0 Å². The summed E-state index contributed by atoms with van der Waals surface area (Å²) < 4.78 is 7.69. The lowest BCUT2D eigenvalue weighted by molar-refractivity contribution is -0.156. The van der Waals surface area contributed by atoms with Gasteiger partial charge in [-0.2, -0.15) is 5.26 Å². The number of anilines is 1. The second kappa shape index (κ2) is 10.5. The van der Waals surface area contributed by atoms with E-state index < -0.39 is 5.60 Å². The molecular formula is C30H33N7O2. The van der Waals surface area contributed by atoms with Gasteiger partial charge in [-0.05, 0) is 52.3 Å². The number of carbonyl (C=O) groups is 1. The van der Waals surface area contributed by atoms with Crippen LogP contribution in [0.4, 0.5) is 5.82 Å². The maximum absolute atomic E-state index is 13.4. The number of rotatable bonds is 6. The molecular weight excluding hydrogens is 490 g/mol. The Morgan fingerprint density at radius 1 is 1.10 bits per heavy atom. The average Bonchev–Trinajstić information content (AvgIpc) is 3.34. The summed E-state index contributed by atoms with van der Waals surface area (Å²) in [6, 6.07) is 15.7. The summed E-state index contributed by atoms with van der Waals surface area (Å²) in [5, 5.41) is 10.4. The molecule has 9 heteroatoms. The van der Waals surface area contributed by atoms with Crippen LogP contribution in [-0.4, -0.2) is 67.7 Å². The standard InChI is InChI=1S/C30H33N7O2/c1-6-39-30(4,5)29(38)36-17-20(2)35(16-21(36)3)27-26-24(23-10-8-7-9-11-23)18-37(28(26)34-19-33-27)25-14-22(15-31)12-13-32-25/h7-14,18-21H,6,16-17H2,1-5H3/t20-,21+/m0/s1. The molecule has 1 aliphatic heterocycles. The Kier molecular flexibility index (Phi) is 7.06. The van der Waals surface area contributed by atoms with Crippen LogP contribution in [0.5, 0.6) is 0 Å². The van der Waals surface area contributed by atoms with Crippen molar-refractivity contribution < 1.29 is 9.53 Å². The van der Waals surface area contributed by atoms with E-state index >= 15 is 0 Å². The van der Waals surface area contributed by atoms with Gasteiger partial charge in [0, 0.05) is 49.7 Å². The molecule has 2 atom stereocenters. The number of piperazine rings is 1. The van der Waals surface area contributed by atoms with Crippen LogP contribution in [0.2, 0.25) is 0 Å². The Bertz CT molecular complexity index is 1540. The van der Waals surface area contributed by atoms with Crippen molar-refractivity contribution >= 4 is 22.8 Å². The monoisotopic (exact) mass is 523 g/mol. The summed E-state index contributed by atoms with van der Waals surface area (Å²) in [5.74, 6) is 1.42. The molecule has 200 valence electrons. The third kappa shape index (κ3) is 4.84. The molecule has 1 aromatic carbocycles. The number of aromatic nitrogens is 4. The van der Waals surface area contributed by atoms with Crippen molar-refractivity contribution in [2.45, 2.75) is 52.3 Å². The van der Waals surface area contributed by atoms with Crippen molar-refractivity contribution in [2.75, 3.05) is 24.6 Å². The molecule has 9 nitrogen and oxygen atoms in total. The summed E-state index contributed by atoms with van der Waals surface area (Å²) in [6.07, 6.45) is 5.22. The SMILES string of the molecule is CCOC(C)(C)C(=O)N1C[C@H](C)N(c2ncnc3c2c(-c2ccccc2)cn3-c2cc(C#N)ccn2)C[C@H]1C. The Hall–Kier alpha value is -4.29. The molecule has 0 spiro atoms. The minimum absolute atomic E-state index is 0.00393. The van der Waals surface area contributed by atoms with E-state index in [1.807, 2.05) is 54.6 Å². The Balaban J connectivity index is 1.61. The zero-order valence-corrected chi connectivity index (χ0v) is 23.0. The highest BCUT2D eigenvalue weighted by atomic mass is 16.5. The summed E-state index contributed by atoms with van der Waals surface area (Å²) >= 11 is 0. The highest BCUT2D eigenvalue weighted by Crippen LogP contribution is 2.38. The van der Waals surface area contributed by atoms with E-state index in [2.05, 4.69) is 46.9 Å². The van der Waals surface area contributed by atoms with Gasteiger partial charge < -0.3 is 14.5 Å². The molecule has 1 amide bonds. The summed E-state index contributed by atoms with van der Waals surface area (Å²) in [7, 11) is 0. The van der Waals surface area contributed by atoms with Gasteiger partial charge in [0.25, 0.3) is 5.91 Å². The third-order valence-corrected chi connectivity index (χ3v) is 7.31. The molecule has 5 rings (SSSR count). The van der Waals surface area contributed by atoms with Crippen molar-refractivity contribution in [2.24, 2.45) is 0 Å². The quantitative estimate of drug-likeness (QED) is 0.364. The summed E-state index contributed by atoms with van der Waals surface area (Å²) in [6.45, 7) is 11.4. The highest BCUT2D eigenvalue weighted by molar-refractivity contribution is 6.02. The number of fused-ring (bicyclic) bond motifs is 1. The highest BCUT2D eigenvalue weighted by Gasteiger charge is 2.40. The molecule has 0 N–H and O–H groups in total. The van der Waals surface area contributed by atoms with Crippen molar-refractivity contribution in [3.63, 3.8) is 0 Å². The number of hydrogen-bond donors (Lipinski definition) is 0. The van der Waals surface area contributed by atoms with Crippen LogP contribution in [0.1, 0.15) is 40.2 Å². The number of carbonyl (C=O) groups excluding carboxylic acids is 1. The predicted molar refractivity (Wildman–Crippen MR) is 150 cm³/mol. The largest absolute Gasteiger partial charge is 0.366 e. The number of nitriles is 1. The number of hydrogen-bond acceptors (Lipinski definition) is 7. The fourth-order valence-electron chi connectivity index (χ4n) is 5.37. The second-order valence-electron chi connectivity index (χ2n) is 10.4. The first-order chi connectivity index (χ1) is 18.7. The molecule has 4 heterocycles. The minimum atomic E-state index is -0.879. The number of benzene rings is 1. The van der Waals surface area contributed by atoms with E-state index in [0.717, 1.165) is 22.3 Å². The van der Waals surface area contributed by atoms with Crippen LogP contribution in [0, 0.1) is 11.3 Å². The predicted octanol–water partition coefficient (Wildman–Crippen LogP) is 4.59. The molecule has 3 aromatic heterocycles. The smallest absolute Gasteiger partial charge is 0.254 e. The van der Waals surface area contributed by atoms with Crippen molar-refractivity contribution in [3.05, 3.63) is 66.7 Å². The van der Waals surface area contributed by atoms with Gasteiger partial charge in [-0.3, -0.25) is 9.36 Å². The first-order valence-electron chi connectivity index (χ1n) is 13.2. The first kappa shape index (κ1) is 26.3. The zero-order valence-electron chi connectivity index (χ0n) is 23.0. The fraction of sp³-hybridized carbons (Fsp3) is 0.367. The van der Waals surface area contributed by atoms with Crippen molar-refractivity contribution in [1.29, 1.82) is 5.26 Å². The van der Waals surface area contributed by atoms with E-state index in [-0.39, 0.29) is 18.0 Å². The lowest BCUT2D eigenvalue weighted by Crippen LogP contribution is -2.62. The molecule has 1 aliphatic rings. The molecule has 0 saturated carbocycles. The number of pyridine rings is 1. The molecule has 0 radical (unpaired) electrons. The Morgan fingerprint density at radius 2 is 1.87 bits per heavy atom. The maximum atomic E-state index is 13.4. The van der Waals surface area contributed by atoms with Crippen LogP contribution in [0.3, 0.4) is 0 Å². The second-order valence-corrected chi connectivity index (χ2v) is 10.4. The van der Waals surface area contributed by atoms with Crippen molar-refractivity contribution in [3.8, 4) is 23.0 Å². The van der Waals surface area contributed by atoms with Crippen molar-refractivity contribution in [1.82, 2.24) is 24.4 Å². The molecule has 0 bridgehead atoms. The number of amides is 1. The van der Waals surface area contributed by atoms with E-state index in [1.54, 1.807) is 24.7 Å². The van der Waals surface area contributed by atoms with Crippen LogP contribution in [0.15, 0.2) is 61.2 Å². The number of ether oxygens (including phenoxy) is 1. The summed E-state index contributed by atoms with van der Waals surface area (Å²) in [4.78, 5) is 31.6. The Morgan fingerprint density at radius 3 is 2.59 bits per heavy atom. The lowest BCUT2D eigenvalue weighted by atomic mass is 10.0. The maximum Gasteiger partial charge on any atom is 0.254 e. The topological polar surface area (TPSA) is 100 Å². The van der Waals surface area contributed by atoms with E-state index in [0.29, 0.717) is 36.7 Å². The molecule has 1 fully saturated rings. The van der Waals surface area contributed by atoms with Gasteiger partial charge in [-0.15, -0.1) is 0 Å². The fourth-order valence-corrected chi connectivity index (χ4v) is 5.37. The normalized spacial score (nSPS) is 17.8. The van der Waals surface area contributed by atoms with E-state index in [4.69, 9.17) is 9.72 Å². The van der Waals surface area contributed by atoms with Gasteiger partial charge in [0.15, 0.2) is 5.65 Å². The first-order valence-corrected chi connectivity index (χ1v) is 13.2. The molecule has 0 aliphatic carbocycles. The summed E-state index contributed by atoms with van der Waals surface area (Å²) in [5.41, 5.74) is 2.35. The van der Waals surface area contributed by atoms with Crippen LogP contribution < -0.4 is 4.90 Å². The molecule has 4 aromatic rings. The third-order valence-electron chi connectivity index (χ3n) is 7.31. The van der Waals surface area contributed by atoms with Gasteiger partial charge in [0.1, 0.15) is 23.6 Å².